The number of rotatable bonds is 5. The van der Waals surface area contributed by atoms with E-state index in [1.807, 2.05) is 47.8 Å². The number of fused-ring (bicyclic) bond motifs is 1. The van der Waals surface area contributed by atoms with Gasteiger partial charge in [0.05, 0.1) is 16.4 Å². The van der Waals surface area contributed by atoms with Crippen molar-refractivity contribution >= 4 is 40.3 Å². The van der Waals surface area contributed by atoms with Crippen LogP contribution in [-0.4, -0.2) is 38.6 Å². The molecule has 35 heavy (non-hydrogen) atoms. The standard InChI is InChI=1S/C26H28ClN7O/c1-17-6-5-7-19(12-17)31-26(35)32-23-9-8-18(13-22(23)27)21-14-20(15-33-10-3-2-4-11-33)34-24(21)25(28)29-16-30-34/h5-9,12-14,16H,2-4,10-11,15H2,1H3,(H2,28,29,30)(H2,31,32,35). The summed E-state index contributed by atoms with van der Waals surface area (Å²) >= 11 is 6.58. The number of nitrogens with zero attached hydrogens (tertiary/aromatic N) is 4. The van der Waals surface area contributed by atoms with E-state index in [1.54, 1.807) is 6.07 Å². The van der Waals surface area contributed by atoms with Gasteiger partial charge in [-0.05, 0) is 74.3 Å². The highest BCUT2D eigenvalue weighted by Gasteiger charge is 2.19. The minimum atomic E-state index is -0.360. The Bertz CT molecular complexity index is 1380. The molecule has 0 aliphatic carbocycles. The number of nitrogens with two attached hydrogens (primary N) is 1. The molecule has 180 valence electrons. The van der Waals surface area contributed by atoms with Crippen LogP contribution in [0.5, 0.6) is 0 Å². The molecule has 2 aromatic carbocycles. The zero-order chi connectivity index (χ0) is 24.4. The molecular weight excluding hydrogens is 462 g/mol. The van der Waals surface area contributed by atoms with E-state index in [2.05, 4.69) is 31.7 Å². The Balaban J connectivity index is 1.41. The van der Waals surface area contributed by atoms with E-state index in [0.29, 0.717) is 22.2 Å². The molecule has 2 amide bonds. The van der Waals surface area contributed by atoms with Crippen LogP contribution in [0.25, 0.3) is 16.6 Å². The summed E-state index contributed by atoms with van der Waals surface area (Å²) in [5, 5.41) is 10.6. The number of carbonyl (C=O) groups excluding carboxylic acids is 1. The van der Waals surface area contributed by atoms with Gasteiger partial charge >= 0.3 is 6.03 Å². The van der Waals surface area contributed by atoms with Crippen molar-refractivity contribution in [1.29, 1.82) is 0 Å². The van der Waals surface area contributed by atoms with Crippen molar-refractivity contribution in [3.8, 4) is 11.1 Å². The fourth-order valence-corrected chi connectivity index (χ4v) is 4.83. The van der Waals surface area contributed by atoms with E-state index in [-0.39, 0.29) is 6.03 Å². The summed E-state index contributed by atoms with van der Waals surface area (Å²) < 4.78 is 1.88. The first-order valence-corrected chi connectivity index (χ1v) is 12.1. The summed E-state index contributed by atoms with van der Waals surface area (Å²) in [6, 6.07) is 14.9. The summed E-state index contributed by atoms with van der Waals surface area (Å²) in [5.74, 6) is 0.413. The quantitative estimate of drug-likeness (QED) is 0.340. The highest BCUT2D eigenvalue weighted by atomic mass is 35.5. The average Bonchev–Trinajstić information content (AvgIpc) is 3.20. The molecule has 3 heterocycles. The van der Waals surface area contributed by atoms with Crippen LogP contribution in [0.15, 0.2) is 54.9 Å². The Morgan fingerprint density at radius 3 is 2.69 bits per heavy atom. The Morgan fingerprint density at radius 2 is 1.91 bits per heavy atom. The van der Waals surface area contributed by atoms with Crippen LogP contribution in [0.2, 0.25) is 5.02 Å². The second-order valence-electron chi connectivity index (χ2n) is 8.94. The van der Waals surface area contributed by atoms with Gasteiger partial charge in [0, 0.05) is 17.8 Å². The lowest BCUT2D eigenvalue weighted by Gasteiger charge is -2.25. The van der Waals surface area contributed by atoms with Crippen molar-refractivity contribution < 1.29 is 4.79 Å². The zero-order valence-electron chi connectivity index (χ0n) is 19.6. The van der Waals surface area contributed by atoms with E-state index in [9.17, 15) is 4.79 Å². The van der Waals surface area contributed by atoms with Gasteiger partial charge in [-0.2, -0.15) is 5.10 Å². The number of piperidine rings is 1. The first kappa shape index (κ1) is 23.1. The smallest absolute Gasteiger partial charge is 0.323 e. The SMILES string of the molecule is Cc1cccc(NC(=O)Nc2ccc(-c3cc(CN4CCCCC4)n4ncnc(N)c34)cc2Cl)c1. The van der Waals surface area contributed by atoms with Crippen molar-refractivity contribution in [2.45, 2.75) is 32.7 Å². The maximum absolute atomic E-state index is 12.5. The minimum Gasteiger partial charge on any atom is -0.382 e. The highest BCUT2D eigenvalue weighted by Crippen LogP contribution is 2.35. The number of urea groups is 1. The number of nitrogens with one attached hydrogen (secondary N) is 2. The van der Waals surface area contributed by atoms with Gasteiger partial charge in [0.25, 0.3) is 0 Å². The van der Waals surface area contributed by atoms with Crippen molar-refractivity contribution in [1.82, 2.24) is 19.5 Å². The number of hydrogen-bond acceptors (Lipinski definition) is 5. The molecule has 1 aliphatic heterocycles. The molecule has 5 rings (SSSR count). The topological polar surface area (TPSA) is 101 Å². The van der Waals surface area contributed by atoms with E-state index in [1.165, 1.54) is 25.6 Å². The third-order valence-corrected chi connectivity index (χ3v) is 6.61. The van der Waals surface area contributed by atoms with Gasteiger partial charge in [-0.1, -0.05) is 36.2 Å². The maximum atomic E-state index is 12.5. The third-order valence-electron chi connectivity index (χ3n) is 6.29. The normalized spacial score (nSPS) is 14.2. The van der Waals surface area contributed by atoms with Gasteiger partial charge < -0.3 is 16.4 Å². The van der Waals surface area contributed by atoms with Crippen molar-refractivity contribution in [3.05, 3.63) is 71.1 Å². The molecule has 1 fully saturated rings. The number of likely N-dealkylation sites (tertiary alicyclic amines) is 1. The second-order valence-corrected chi connectivity index (χ2v) is 9.34. The molecule has 4 N–H and O–H groups in total. The van der Waals surface area contributed by atoms with Gasteiger partial charge in [-0.25, -0.2) is 14.3 Å². The summed E-state index contributed by atoms with van der Waals surface area (Å²) in [6.45, 7) is 4.93. The van der Waals surface area contributed by atoms with Crippen molar-refractivity contribution in [2.75, 3.05) is 29.5 Å². The number of carbonyl (C=O) groups is 1. The largest absolute Gasteiger partial charge is 0.382 e. The monoisotopic (exact) mass is 489 g/mol. The second kappa shape index (κ2) is 9.93. The van der Waals surface area contributed by atoms with Crippen molar-refractivity contribution in [3.63, 3.8) is 0 Å². The lowest BCUT2D eigenvalue weighted by molar-refractivity contribution is 0.217. The van der Waals surface area contributed by atoms with E-state index >= 15 is 0 Å². The number of amides is 2. The van der Waals surface area contributed by atoms with Crippen LogP contribution in [0.3, 0.4) is 0 Å². The van der Waals surface area contributed by atoms with Crippen molar-refractivity contribution in [2.24, 2.45) is 0 Å². The van der Waals surface area contributed by atoms with Gasteiger partial charge in [0.1, 0.15) is 11.8 Å². The summed E-state index contributed by atoms with van der Waals surface area (Å²) in [5.41, 5.74) is 12.2. The molecule has 0 saturated carbocycles. The van der Waals surface area contributed by atoms with Crippen LogP contribution < -0.4 is 16.4 Å². The Morgan fingerprint density at radius 1 is 1.09 bits per heavy atom. The predicted molar refractivity (Wildman–Crippen MR) is 141 cm³/mol. The minimum absolute atomic E-state index is 0.360. The number of hydrogen-bond donors (Lipinski definition) is 3. The lowest BCUT2D eigenvalue weighted by atomic mass is 10.1. The van der Waals surface area contributed by atoms with Crippen LogP contribution in [-0.2, 0) is 6.54 Å². The van der Waals surface area contributed by atoms with Gasteiger partial charge in [-0.15, -0.1) is 0 Å². The Hall–Kier alpha value is -3.62. The number of halogens is 1. The summed E-state index contributed by atoms with van der Waals surface area (Å²) in [6.07, 6.45) is 5.20. The molecule has 4 aromatic rings. The zero-order valence-corrected chi connectivity index (χ0v) is 20.3. The van der Waals surface area contributed by atoms with Gasteiger partial charge in [0.15, 0.2) is 5.82 Å². The molecule has 1 aliphatic rings. The summed E-state index contributed by atoms with van der Waals surface area (Å²) in [4.78, 5) is 19.1. The number of anilines is 3. The number of nitrogen functional groups attached to an aromatic ring is 1. The molecule has 0 spiro atoms. The molecule has 0 atom stereocenters. The third kappa shape index (κ3) is 5.08. The van der Waals surface area contributed by atoms with E-state index in [0.717, 1.165) is 47.5 Å². The predicted octanol–water partition coefficient (Wildman–Crippen LogP) is 5.57. The van der Waals surface area contributed by atoms with Gasteiger partial charge in [0.2, 0.25) is 0 Å². The molecule has 0 radical (unpaired) electrons. The highest BCUT2D eigenvalue weighted by molar-refractivity contribution is 6.34. The Labute approximate surface area is 209 Å². The van der Waals surface area contributed by atoms with Crippen LogP contribution in [0.1, 0.15) is 30.5 Å². The summed E-state index contributed by atoms with van der Waals surface area (Å²) in [7, 11) is 0. The number of aryl methyl sites for hydroxylation is 1. The molecule has 9 heteroatoms. The average molecular weight is 490 g/mol. The molecule has 0 bridgehead atoms. The first-order chi connectivity index (χ1) is 17.0. The maximum Gasteiger partial charge on any atom is 0.323 e. The number of aromatic nitrogens is 3. The molecule has 2 aromatic heterocycles. The lowest BCUT2D eigenvalue weighted by Crippen LogP contribution is -2.29. The molecule has 1 saturated heterocycles. The first-order valence-electron chi connectivity index (χ1n) is 11.8. The van der Waals surface area contributed by atoms with Crippen LogP contribution in [0.4, 0.5) is 22.0 Å². The van der Waals surface area contributed by atoms with E-state index in [4.69, 9.17) is 17.3 Å². The molecular formula is C26H28ClN7O. The van der Waals surface area contributed by atoms with Crippen LogP contribution >= 0.6 is 11.6 Å². The fraction of sp³-hybridized carbons (Fsp3) is 0.269. The fourth-order valence-electron chi connectivity index (χ4n) is 4.60. The molecule has 0 unspecified atom stereocenters. The Kier molecular flexibility index (Phi) is 6.57. The van der Waals surface area contributed by atoms with E-state index < -0.39 is 0 Å². The van der Waals surface area contributed by atoms with Crippen LogP contribution in [0, 0.1) is 6.92 Å². The number of benzene rings is 2. The van der Waals surface area contributed by atoms with Gasteiger partial charge in [-0.3, -0.25) is 4.90 Å². The molecule has 8 nitrogen and oxygen atoms in total.